The molecule has 0 radical (unpaired) electrons. The molecule has 2 aromatic heterocycles. The average molecular weight is 262 g/mol. The highest BCUT2D eigenvalue weighted by Gasteiger charge is 2.12. The third-order valence-electron chi connectivity index (χ3n) is 2.56. The lowest BCUT2D eigenvalue weighted by molar-refractivity contribution is 0.0940. The van der Waals surface area contributed by atoms with Gasteiger partial charge in [-0.25, -0.2) is 10.8 Å². The van der Waals surface area contributed by atoms with Gasteiger partial charge in [-0.05, 0) is 41.4 Å². The zero-order valence-corrected chi connectivity index (χ0v) is 10.7. The van der Waals surface area contributed by atoms with E-state index in [9.17, 15) is 4.79 Å². The number of hydrogen-bond acceptors (Lipinski definition) is 5. The number of nitrogens with two attached hydrogens (primary N) is 1. The van der Waals surface area contributed by atoms with Crippen molar-refractivity contribution in [3.05, 3.63) is 46.3 Å². The van der Waals surface area contributed by atoms with E-state index in [-0.39, 0.29) is 11.9 Å². The number of pyridine rings is 1. The van der Waals surface area contributed by atoms with Gasteiger partial charge in [0.2, 0.25) is 0 Å². The van der Waals surface area contributed by atoms with Gasteiger partial charge in [0.25, 0.3) is 5.91 Å². The number of anilines is 1. The molecule has 4 N–H and O–H groups in total. The summed E-state index contributed by atoms with van der Waals surface area (Å²) in [5.74, 6) is 5.57. The molecule has 0 aliphatic heterocycles. The molecule has 18 heavy (non-hydrogen) atoms. The highest BCUT2D eigenvalue weighted by Crippen LogP contribution is 2.16. The monoisotopic (exact) mass is 262 g/mol. The molecular formula is C12H14N4OS. The van der Waals surface area contributed by atoms with Crippen LogP contribution in [0.1, 0.15) is 28.9 Å². The van der Waals surface area contributed by atoms with E-state index in [2.05, 4.69) is 15.7 Å². The average Bonchev–Trinajstić information content (AvgIpc) is 2.92. The van der Waals surface area contributed by atoms with Gasteiger partial charge >= 0.3 is 0 Å². The number of nitrogens with one attached hydrogen (secondary N) is 2. The Morgan fingerprint density at radius 2 is 2.33 bits per heavy atom. The fourth-order valence-electron chi connectivity index (χ4n) is 1.54. The van der Waals surface area contributed by atoms with E-state index >= 15 is 0 Å². The fourth-order valence-corrected chi connectivity index (χ4v) is 2.29. The summed E-state index contributed by atoms with van der Waals surface area (Å²) in [6.45, 7) is 1.95. The molecular weight excluding hydrogens is 248 g/mol. The van der Waals surface area contributed by atoms with Gasteiger partial charge in [0.1, 0.15) is 5.82 Å². The topological polar surface area (TPSA) is 80.0 Å². The molecule has 1 amide bonds. The molecule has 0 saturated carbocycles. The summed E-state index contributed by atoms with van der Waals surface area (Å²) in [5.41, 5.74) is 4.04. The van der Waals surface area contributed by atoms with Gasteiger partial charge in [0, 0.05) is 11.8 Å². The smallest absolute Gasteiger partial charge is 0.251 e. The third-order valence-corrected chi connectivity index (χ3v) is 3.26. The van der Waals surface area contributed by atoms with Crippen LogP contribution in [0.3, 0.4) is 0 Å². The number of nitrogens with zero attached hydrogens (tertiary/aromatic N) is 1. The highest BCUT2D eigenvalue weighted by molar-refractivity contribution is 7.07. The predicted molar refractivity (Wildman–Crippen MR) is 72.2 cm³/mol. The Labute approximate surface area is 109 Å². The van der Waals surface area contributed by atoms with Crippen LogP contribution in [0.25, 0.3) is 0 Å². The Balaban J connectivity index is 2.07. The number of nitrogen functional groups attached to an aromatic ring is 1. The van der Waals surface area contributed by atoms with Gasteiger partial charge < -0.3 is 10.7 Å². The Kier molecular flexibility index (Phi) is 3.91. The number of thiophene rings is 1. The number of aromatic nitrogens is 1. The van der Waals surface area contributed by atoms with E-state index in [4.69, 9.17) is 5.84 Å². The van der Waals surface area contributed by atoms with Gasteiger partial charge in [0.15, 0.2) is 0 Å². The molecule has 0 bridgehead atoms. The molecule has 2 heterocycles. The van der Waals surface area contributed by atoms with Crippen molar-refractivity contribution in [1.82, 2.24) is 10.3 Å². The number of rotatable bonds is 4. The van der Waals surface area contributed by atoms with Crippen molar-refractivity contribution in [3.63, 3.8) is 0 Å². The van der Waals surface area contributed by atoms with Crippen molar-refractivity contribution in [1.29, 1.82) is 0 Å². The van der Waals surface area contributed by atoms with E-state index in [0.717, 1.165) is 5.56 Å². The molecule has 2 rings (SSSR count). The van der Waals surface area contributed by atoms with Crippen LogP contribution in [0, 0.1) is 0 Å². The number of hydrazine groups is 1. The Morgan fingerprint density at radius 3 is 3.00 bits per heavy atom. The second-order valence-corrected chi connectivity index (χ2v) is 4.61. The Hall–Kier alpha value is -1.92. The summed E-state index contributed by atoms with van der Waals surface area (Å²) in [7, 11) is 0. The highest BCUT2D eigenvalue weighted by atomic mass is 32.1. The Morgan fingerprint density at radius 1 is 1.50 bits per heavy atom. The van der Waals surface area contributed by atoms with Gasteiger partial charge in [-0.2, -0.15) is 11.3 Å². The van der Waals surface area contributed by atoms with E-state index in [1.807, 2.05) is 23.8 Å². The van der Waals surface area contributed by atoms with Crippen molar-refractivity contribution in [3.8, 4) is 0 Å². The van der Waals surface area contributed by atoms with E-state index in [0.29, 0.717) is 11.4 Å². The molecule has 0 aliphatic rings. The first-order chi connectivity index (χ1) is 8.70. The largest absolute Gasteiger partial charge is 0.345 e. The summed E-state index contributed by atoms with van der Waals surface area (Å²) in [6.07, 6.45) is 1.54. The maximum absolute atomic E-state index is 12.0. The quantitative estimate of drug-likeness (QED) is 0.581. The summed E-state index contributed by atoms with van der Waals surface area (Å²) in [6, 6.07) is 5.23. The third kappa shape index (κ3) is 2.85. The van der Waals surface area contributed by atoms with E-state index in [1.54, 1.807) is 29.7 Å². The summed E-state index contributed by atoms with van der Waals surface area (Å²) in [5, 5.41) is 6.93. The minimum absolute atomic E-state index is 0.0220. The molecule has 94 valence electrons. The number of carbonyl (C=O) groups is 1. The zero-order chi connectivity index (χ0) is 13.0. The van der Waals surface area contributed by atoms with Crippen LogP contribution in [-0.2, 0) is 0 Å². The number of amides is 1. The van der Waals surface area contributed by atoms with Gasteiger partial charge in [-0.1, -0.05) is 0 Å². The minimum Gasteiger partial charge on any atom is -0.345 e. The lowest BCUT2D eigenvalue weighted by Gasteiger charge is -2.12. The lowest BCUT2D eigenvalue weighted by atomic mass is 10.1. The second kappa shape index (κ2) is 5.61. The maximum Gasteiger partial charge on any atom is 0.251 e. The fraction of sp³-hybridized carbons (Fsp3) is 0.167. The van der Waals surface area contributed by atoms with Gasteiger partial charge in [-0.3, -0.25) is 4.79 Å². The Bertz CT molecular complexity index is 527. The summed E-state index contributed by atoms with van der Waals surface area (Å²) < 4.78 is 0. The van der Waals surface area contributed by atoms with Crippen LogP contribution in [0.15, 0.2) is 35.2 Å². The molecule has 0 saturated heterocycles. The van der Waals surface area contributed by atoms with Crippen molar-refractivity contribution in [2.45, 2.75) is 13.0 Å². The molecule has 0 aliphatic carbocycles. The van der Waals surface area contributed by atoms with E-state index < -0.39 is 0 Å². The van der Waals surface area contributed by atoms with Crippen LogP contribution >= 0.6 is 11.3 Å². The molecule has 1 atom stereocenters. The van der Waals surface area contributed by atoms with Crippen molar-refractivity contribution < 1.29 is 4.79 Å². The van der Waals surface area contributed by atoms with Crippen LogP contribution in [0.5, 0.6) is 0 Å². The van der Waals surface area contributed by atoms with Gasteiger partial charge in [0.05, 0.1) is 6.04 Å². The SMILES string of the molecule is CC(NC(=O)c1ccnc(NN)c1)c1ccsc1. The molecule has 1 unspecified atom stereocenters. The summed E-state index contributed by atoms with van der Waals surface area (Å²) in [4.78, 5) is 16.0. The molecule has 2 aromatic rings. The molecule has 5 nitrogen and oxygen atoms in total. The standard InChI is InChI=1S/C12H14N4OS/c1-8(10-3-5-18-7-10)15-12(17)9-2-4-14-11(6-9)16-13/h2-8H,13H2,1H3,(H,14,16)(H,15,17). The minimum atomic E-state index is -0.146. The van der Waals surface area contributed by atoms with Crippen molar-refractivity contribution in [2.24, 2.45) is 5.84 Å². The van der Waals surface area contributed by atoms with Crippen LogP contribution < -0.4 is 16.6 Å². The first-order valence-corrected chi connectivity index (χ1v) is 6.40. The van der Waals surface area contributed by atoms with Crippen LogP contribution in [-0.4, -0.2) is 10.9 Å². The predicted octanol–water partition coefficient (Wildman–Crippen LogP) is 1.92. The normalized spacial score (nSPS) is 11.9. The molecule has 0 aromatic carbocycles. The number of carbonyl (C=O) groups excluding carboxylic acids is 1. The summed E-state index contributed by atoms with van der Waals surface area (Å²) >= 11 is 1.61. The van der Waals surface area contributed by atoms with Crippen molar-refractivity contribution >= 4 is 23.1 Å². The van der Waals surface area contributed by atoms with Crippen molar-refractivity contribution in [2.75, 3.05) is 5.43 Å². The molecule has 6 heteroatoms. The van der Waals surface area contributed by atoms with Gasteiger partial charge in [-0.15, -0.1) is 0 Å². The first-order valence-electron chi connectivity index (χ1n) is 5.46. The second-order valence-electron chi connectivity index (χ2n) is 3.83. The number of hydrogen-bond donors (Lipinski definition) is 3. The molecule has 0 fully saturated rings. The zero-order valence-electron chi connectivity index (χ0n) is 9.88. The van der Waals surface area contributed by atoms with E-state index in [1.165, 1.54) is 0 Å². The van der Waals surface area contributed by atoms with Crippen LogP contribution in [0.4, 0.5) is 5.82 Å². The molecule has 0 spiro atoms. The van der Waals surface area contributed by atoms with Crippen LogP contribution in [0.2, 0.25) is 0 Å². The maximum atomic E-state index is 12.0. The lowest BCUT2D eigenvalue weighted by Crippen LogP contribution is -2.26. The first kappa shape index (κ1) is 12.5.